The summed E-state index contributed by atoms with van der Waals surface area (Å²) in [5.41, 5.74) is 8.30. The van der Waals surface area contributed by atoms with Crippen LogP contribution in [0.2, 0.25) is 0 Å². The molecular formula is C15H22N2OS. The number of carbonyl (C=O) groups is 1. The molecule has 0 spiro atoms. The Morgan fingerprint density at radius 3 is 2.79 bits per heavy atom. The van der Waals surface area contributed by atoms with Crippen LogP contribution in [0.1, 0.15) is 37.7 Å². The molecule has 0 aliphatic heterocycles. The molecule has 1 amide bonds. The molecule has 0 aromatic heterocycles. The first-order valence-electron chi connectivity index (χ1n) is 6.93. The van der Waals surface area contributed by atoms with Crippen molar-refractivity contribution >= 4 is 29.0 Å². The van der Waals surface area contributed by atoms with Gasteiger partial charge in [0, 0.05) is 16.6 Å². The van der Waals surface area contributed by atoms with E-state index in [2.05, 4.69) is 5.32 Å². The monoisotopic (exact) mass is 278 g/mol. The highest BCUT2D eigenvalue weighted by Gasteiger charge is 2.15. The Balaban J connectivity index is 1.80. The second-order valence-electron chi connectivity index (χ2n) is 5.19. The summed E-state index contributed by atoms with van der Waals surface area (Å²) in [6.07, 6.45) is 6.51. The third-order valence-corrected chi connectivity index (χ3v) is 4.90. The first kappa shape index (κ1) is 14.3. The number of nitrogens with one attached hydrogen (secondary N) is 1. The van der Waals surface area contributed by atoms with E-state index in [1.54, 1.807) is 11.8 Å². The number of aryl methyl sites for hydroxylation is 1. The summed E-state index contributed by atoms with van der Waals surface area (Å²) in [6.45, 7) is 1.96. The molecular weight excluding hydrogens is 256 g/mol. The number of nitrogen functional groups attached to an aromatic ring is 1. The number of thioether (sulfide) groups is 1. The maximum Gasteiger partial charge on any atom is 0.234 e. The van der Waals surface area contributed by atoms with Gasteiger partial charge in [0.05, 0.1) is 5.75 Å². The van der Waals surface area contributed by atoms with Gasteiger partial charge in [-0.2, -0.15) is 0 Å². The Labute approximate surface area is 119 Å². The Morgan fingerprint density at radius 2 is 2.11 bits per heavy atom. The molecule has 1 fully saturated rings. The fraction of sp³-hybridized carbons (Fsp3) is 0.533. The predicted molar refractivity (Wildman–Crippen MR) is 83.6 cm³/mol. The zero-order valence-electron chi connectivity index (χ0n) is 11.4. The first-order valence-corrected chi connectivity index (χ1v) is 7.97. The maximum absolute atomic E-state index is 11.9. The summed E-state index contributed by atoms with van der Waals surface area (Å²) >= 11 is 1.80. The van der Waals surface area contributed by atoms with Gasteiger partial charge < -0.3 is 11.1 Å². The van der Waals surface area contributed by atoms with Crippen LogP contribution in [0.4, 0.5) is 11.4 Å². The van der Waals surface area contributed by atoms with E-state index in [4.69, 9.17) is 5.73 Å². The lowest BCUT2D eigenvalue weighted by atomic mass is 10.0. The van der Waals surface area contributed by atoms with Crippen LogP contribution in [0.3, 0.4) is 0 Å². The Morgan fingerprint density at radius 1 is 1.37 bits per heavy atom. The number of nitrogens with two attached hydrogens (primary N) is 1. The number of carbonyl (C=O) groups excluding carboxylic acids is 1. The van der Waals surface area contributed by atoms with Gasteiger partial charge in [-0.05, 0) is 43.5 Å². The predicted octanol–water partition coefficient (Wildman–Crippen LogP) is 3.58. The summed E-state index contributed by atoms with van der Waals surface area (Å²) in [4.78, 5) is 11.9. The average molecular weight is 278 g/mol. The summed E-state index contributed by atoms with van der Waals surface area (Å²) < 4.78 is 0. The molecule has 0 unspecified atom stereocenters. The minimum Gasteiger partial charge on any atom is -0.399 e. The van der Waals surface area contributed by atoms with Crippen molar-refractivity contribution in [1.82, 2.24) is 0 Å². The van der Waals surface area contributed by atoms with Gasteiger partial charge in [0.1, 0.15) is 0 Å². The first-order chi connectivity index (χ1) is 9.15. The fourth-order valence-electron chi connectivity index (χ4n) is 2.44. The zero-order chi connectivity index (χ0) is 13.7. The Bertz CT molecular complexity index is 442. The minimum absolute atomic E-state index is 0.0865. The van der Waals surface area contributed by atoms with Gasteiger partial charge in [-0.3, -0.25) is 4.79 Å². The molecule has 1 aromatic carbocycles. The van der Waals surface area contributed by atoms with Crippen LogP contribution in [-0.2, 0) is 4.79 Å². The number of hydrogen-bond acceptors (Lipinski definition) is 3. The molecule has 2 rings (SSSR count). The third-order valence-electron chi connectivity index (χ3n) is 3.53. The number of anilines is 2. The molecule has 19 heavy (non-hydrogen) atoms. The standard InChI is InChI=1S/C15H22N2OS/c1-11-9-12(16)7-8-14(11)17-15(18)10-19-13-5-3-2-4-6-13/h7-9,13H,2-6,10,16H2,1H3,(H,17,18). The average Bonchev–Trinajstić information content (AvgIpc) is 2.41. The van der Waals surface area contributed by atoms with Crippen molar-refractivity contribution in [2.24, 2.45) is 0 Å². The van der Waals surface area contributed by atoms with Crippen LogP contribution in [0, 0.1) is 6.92 Å². The molecule has 0 radical (unpaired) electrons. The van der Waals surface area contributed by atoms with E-state index in [-0.39, 0.29) is 5.91 Å². The van der Waals surface area contributed by atoms with Crippen LogP contribution in [0.25, 0.3) is 0 Å². The van der Waals surface area contributed by atoms with Gasteiger partial charge >= 0.3 is 0 Å². The van der Waals surface area contributed by atoms with Gasteiger partial charge in [0.2, 0.25) is 5.91 Å². The molecule has 1 aliphatic carbocycles. The zero-order valence-corrected chi connectivity index (χ0v) is 12.3. The second-order valence-corrected chi connectivity index (χ2v) is 6.48. The number of rotatable bonds is 4. The van der Waals surface area contributed by atoms with Crippen LogP contribution in [0.15, 0.2) is 18.2 Å². The van der Waals surface area contributed by atoms with Crippen molar-refractivity contribution in [3.05, 3.63) is 23.8 Å². The quantitative estimate of drug-likeness (QED) is 0.828. The van der Waals surface area contributed by atoms with Gasteiger partial charge in [0.15, 0.2) is 0 Å². The van der Waals surface area contributed by atoms with Crippen LogP contribution < -0.4 is 11.1 Å². The van der Waals surface area contributed by atoms with E-state index in [0.717, 1.165) is 16.9 Å². The smallest absolute Gasteiger partial charge is 0.234 e. The normalized spacial score (nSPS) is 16.3. The highest BCUT2D eigenvalue weighted by Crippen LogP contribution is 2.28. The lowest BCUT2D eigenvalue weighted by molar-refractivity contribution is -0.113. The van der Waals surface area contributed by atoms with Crippen molar-refractivity contribution in [2.45, 2.75) is 44.3 Å². The lowest BCUT2D eigenvalue weighted by Crippen LogP contribution is -2.18. The Kier molecular flexibility index (Phi) is 5.14. The van der Waals surface area contributed by atoms with Gasteiger partial charge in [-0.15, -0.1) is 11.8 Å². The lowest BCUT2D eigenvalue weighted by Gasteiger charge is -2.20. The summed E-state index contributed by atoms with van der Waals surface area (Å²) in [5, 5.41) is 3.63. The number of hydrogen-bond donors (Lipinski definition) is 2. The molecule has 1 saturated carbocycles. The topological polar surface area (TPSA) is 55.1 Å². The highest BCUT2D eigenvalue weighted by molar-refractivity contribution is 8.00. The SMILES string of the molecule is Cc1cc(N)ccc1NC(=O)CSC1CCCCC1. The van der Waals surface area contributed by atoms with E-state index in [1.165, 1.54) is 32.1 Å². The van der Waals surface area contributed by atoms with Crippen molar-refractivity contribution in [1.29, 1.82) is 0 Å². The molecule has 3 N–H and O–H groups in total. The minimum atomic E-state index is 0.0865. The fourth-order valence-corrected chi connectivity index (χ4v) is 3.56. The molecule has 3 nitrogen and oxygen atoms in total. The van der Waals surface area contributed by atoms with E-state index in [1.807, 2.05) is 25.1 Å². The molecule has 1 aromatic rings. The molecule has 1 aliphatic rings. The van der Waals surface area contributed by atoms with Crippen molar-refractivity contribution in [3.8, 4) is 0 Å². The summed E-state index contributed by atoms with van der Waals surface area (Å²) in [7, 11) is 0. The van der Waals surface area contributed by atoms with E-state index in [9.17, 15) is 4.79 Å². The van der Waals surface area contributed by atoms with Crippen LogP contribution in [-0.4, -0.2) is 16.9 Å². The third kappa shape index (κ3) is 4.46. The molecule has 0 atom stereocenters. The molecule has 104 valence electrons. The van der Waals surface area contributed by atoms with Gasteiger partial charge in [0.25, 0.3) is 0 Å². The van der Waals surface area contributed by atoms with Gasteiger partial charge in [-0.1, -0.05) is 19.3 Å². The summed E-state index contributed by atoms with van der Waals surface area (Å²) in [6, 6.07) is 5.56. The molecule has 0 saturated heterocycles. The highest BCUT2D eigenvalue weighted by atomic mass is 32.2. The number of benzene rings is 1. The second kappa shape index (κ2) is 6.85. The molecule has 0 heterocycles. The van der Waals surface area contributed by atoms with Crippen LogP contribution >= 0.6 is 11.8 Å². The van der Waals surface area contributed by atoms with E-state index >= 15 is 0 Å². The van der Waals surface area contributed by atoms with Gasteiger partial charge in [-0.25, -0.2) is 0 Å². The Hall–Kier alpha value is -1.16. The van der Waals surface area contributed by atoms with Crippen molar-refractivity contribution < 1.29 is 4.79 Å². The van der Waals surface area contributed by atoms with E-state index in [0.29, 0.717) is 11.0 Å². The number of amides is 1. The molecule has 0 bridgehead atoms. The molecule has 4 heteroatoms. The van der Waals surface area contributed by atoms with Crippen molar-refractivity contribution in [2.75, 3.05) is 16.8 Å². The van der Waals surface area contributed by atoms with Crippen LogP contribution in [0.5, 0.6) is 0 Å². The largest absolute Gasteiger partial charge is 0.399 e. The van der Waals surface area contributed by atoms with E-state index < -0.39 is 0 Å². The summed E-state index contributed by atoms with van der Waals surface area (Å²) in [5.74, 6) is 0.637. The maximum atomic E-state index is 11.9. The van der Waals surface area contributed by atoms with Crippen molar-refractivity contribution in [3.63, 3.8) is 0 Å².